The van der Waals surface area contributed by atoms with E-state index in [0.29, 0.717) is 6.04 Å². The maximum Gasteiger partial charge on any atom is 0.113 e. The van der Waals surface area contributed by atoms with Crippen molar-refractivity contribution in [2.75, 3.05) is 20.1 Å². The second-order valence-electron chi connectivity index (χ2n) is 5.98. The highest BCUT2D eigenvalue weighted by Crippen LogP contribution is 2.36. The van der Waals surface area contributed by atoms with E-state index in [4.69, 9.17) is 4.98 Å². The van der Waals surface area contributed by atoms with Gasteiger partial charge in [-0.05, 0) is 60.5 Å². The molecule has 0 bridgehead atoms. The molecule has 1 N–H and O–H groups in total. The summed E-state index contributed by atoms with van der Waals surface area (Å²) in [5, 5.41) is 4.88. The van der Waals surface area contributed by atoms with E-state index in [9.17, 15) is 0 Å². The fraction of sp³-hybridized carbons (Fsp3) is 0.800. The van der Waals surface area contributed by atoms with Gasteiger partial charge in [0.2, 0.25) is 0 Å². The Morgan fingerprint density at radius 1 is 1.26 bits per heavy atom. The van der Waals surface area contributed by atoms with Gasteiger partial charge in [0.15, 0.2) is 0 Å². The number of thiazole rings is 1. The summed E-state index contributed by atoms with van der Waals surface area (Å²) in [4.78, 5) is 8.77. The van der Waals surface area contributed by atoms with Crippen molar-refractivity contribution in [3.63, 3.8) is 0 Å². The van der Waals surface area contributed by atoms with Crippen molar-refractivity contribution in [3.05, 3.63) is 15.6 Å². The zero-order chi connectivity index (χ0) is 14.0. The van der Waals surface area contributed by atoms with Gasteiger partial charge >= 0.3 is 0 Å². The quantitative estimate of drug-likeness (QED) is 0.923. The van der Waals surface area contributed by atoms with Crippen molar-refractivity contribution < 1.29 is 0 Å². The predicted molar refractivity (Wildman–Crippen MR) is 82.9 cm³/mol. The first-order chi connectivity index (χ1) is 8.98. The molecule has 1 aromatic heterocycles. The summed E-state index contributed by atoms with van der Waals surface area (Å²) >= 11 is 1.87. The van der Waals surface area contributed by atoms with E-state index in [-0.39, 0.29) is 5.54 Å². The maximum atomic E-state index is 4.83. The zero-order valence-corrected chi connectivity index (χ0v) is 13.7. The van der Waals surface area contributed by atoms with Crippen LogP contribution in [0.2, 0.25) is 0 Å². The number of nitrogens with zero attached hydrogens (tertiary/aromatic N) is 2. The normalized spacial score (nSPS) is 25.8. The summed E-state index contributed by atoms with van der Waals surface area (Å²) in [5.41, 5.74) is 1.28. The molecule has 1 saturated heterocycles. The van der Waals surface area contributed by atoms with E-state index in [1.165, 1.54) is 35.0 Å². The third-order valence-electron chi connectivity index (χ3n) is 4.52. The molecular weight excluding hydrogens is 254 g/mol. The van der Waals surface area contributed by atoms with Crippen molar-refractivity contribution >= 4 is 11.3 Å². The van der Waals surface area contributed by atoms with Crippen molar-refractivity contribution in [2.45, 2.75) is 58.5 Å². The topological polar surface area (TPSA) is 28.2 Å². The molecule has 0 spiro atoms. The fourth-order valence-electron chi connectivity index (χ4n) is 2.92. The van der Waals surface area contributed by atoms with Gasteiger partial charge in [-0.15, -0.1) is 11.3 Å². The second-order valence-corrected chi connectivity index (χ2v) is 7.18. The van der Waals surface area contributed by atoms with Gasteiger partial charge in [0.25, 0.3) is 0 Å². The summed E-state index contributed by atoms with van der Waals surface area (Å²) in [6, 6.07) is 0.646. The largest absolute Gasteiger partial charge is 0.308 e. The molecule has 0 aromatic carbocycles. The van der Waals surface area contributed by atoms with Crippen molar-refractivity contribution in [1.82, 2.24) is 15.2 Å². The molecule has 0 radical (unpaired) electrons. The van der Waals surface area contributed by atoms with Crippen LogP contribution in [0.1, 0.15) is 48.7 Å². The Labute approximate surface area is 121 Å². The lowest BCUT2D eigenvalue weighted by atomic mass is 9.91. The molecule has 1 unspecified atom stereocenters. The molecule has 2 heterocycles. The number of hydrogen-bond acceptors (Lipinski definition) is 4. The fourth-order valence-corrected chi connectivity index (χ4v) is 4.09. The number of likely N-dealkylation sites (tertiary alicyclic amines) is 1. The van der Waals surface area contributed by atoms with E-state index in [1.54, 1.807) is 0 Å². The molecular formula is C15H27N3S. The molecule has 108 valence electrons. The third kappa shape index (κ3) is 3.01. The molecule has 0 saturated carbocycles. The van der Waals surface area contributed by atoms with Crippen molar-refractivity contribution in [3.8, 4) is 0 Å². The van der Waals surface area contributed by atoms with Crippen LogP contribution in [-0.2, 0) is 5.54 Å². The molecule has 1 atom stereocenters. The minimum absolute atomic E-state index is 0.0906. The van der Waals surface area contributed by atoms with Gasteiger partial charge < -0.3 is 10.2 Å². The molecule has 1 aliphatic heterocycles. The highest BCUT2D eigenvalue weighted by molar-refractivity contribution is 7.11. The molecule has 1 aliphatic rings. The van der Waals surface area contributed by atoms with Gasteiger partial charge in [0.1, 0.15) is 5.01 Å². The van der Waals surface area contributed by atoms with Crippen LogP contribution in [0.15, 0.2) is 0 Å². The van der Waals surface area contributed by atoms with E-state index in [2.05, 4.69) is 45.0 Å². The minimum Gasteiger partial charge on any atom is -0.308 e. The first-order valence-corrected chi connectivity index (χ1v) is 8.17. The van der Waals surface area contributed by atoms with Crippen molar-refractivity contribution in [1.29, 1.82) is 0 Å². The highest BCUT2D eigenvalue weighted by Gasteiger charge is 2.36. The van der Waals surface area contributed by atoms with E-state index >= 15 is 0 Å². The Bertz CT molecular complexity index is 408. The average Bonchev–Trinajstić information content (AvgIpc) is 2.62. The van der Waals surface area contributed by atoms with Crippen LogP contribution in [0.4, 0.5) is 0 Å². The Balaban J connectivity index is 2.23. The number of aromatic nitrogens is 1. The standard InChI is InChI=1S/C15H27N3S/c1-11(2)18-9-6-7-15(16-5,8-10-18)14-17-12(3)13(4)19-14/h11,16H,6-10H2,1-5H3. The number of nitrogens with one attached hydrogen (secondary N) is 1. The lowest BCUT2D eigenvalue weighted by Crippen LogP contribution is -2.41. The molecule has 2 rings (SSSR count). The van der Waals surface area contributed by atoms with E-state index < -0.39 is 0 Å². The maximum absolute atomic E-state index is 4.83. The summed E-state index contributed by atoms with van der Waals surface area (Å²) in [5.74, 6) is 0. The average molecular weight is 281 g/mol. The summed E-state index contributed by atoms with van der Waals surface area (Å²) in [6.45, 7) is 11.3. The smallest absolute Gasteiger partial charge is 0.113 e. The Kier molecular flexibility index (Phi) is 4.64. The molecule has 1 aromatic rings. The van der Waals surface area contributed by atoms with E-state index in [1.807, 2.05) is 11.3 Å². The van der Waals surface area contributed by atoms with Crippen LogP contribution in [-0.4, -0.2) is 36.1 Å². The molecule has 4 heteroatoms. The van der Waals surface area contributed by atoms with Gasteiger partial charge in [-0.3, -0.25) is 0 Å². The molecule has 1 fully saturated rings. The minimum atomic E-state index is 0.0906. The second kappa shape index (κ2) is 5.90. The van der Waals surface area contributed by atoms with Gasteiger partial charge in [-0.1, -0.05) is 0 Å². The van der Waals surface area contributed by atoms with Crippen molar-refractivity contribution in [2.24, 2.45) is 0 Å². The van der Waals surface area contributed by atoms with Gasteiger partial charge in [0, 0.05) is 17.5 Å². The van der Waals surface area contributed by atoms with Gasteiger partial charge in [-0.25, -0.2) is 4.98 Å². The first-order valence-electron chi connectivity index (χ1n) is 7.36. The summed E-state index contributed by atoms with van der Waals surface area (Å²) < 4.78 is 0. The zero-order valence-electron chi connectivity index (χ0n) is 12.9. The molecule has 3 nitrogen and oxygen atoms in total. The molecule has 0 amide bonds. The summed E-state index contributed by atoms with van der Waals surface area (Å²) in [7, 11) is 2.09. The van der Waals surface area contributed by atoms with Crippen LogP contribution >= 0.6 is 11.3 Å². The highest BCUT2D eigenvalue weighted by atomic mass is 32.1. The molecule has 0 aliphatic carbocycles. The number of aryl methyl sites for hydroxylation is 2. The lowest BCUT2D eigenvalue weighted by molar-refractivity contribution is 0.220. The first kappa shape index (κ1) is 14.9. The number of rotatable bonds is 3. The summed E-state index contributed by atoms with van der Waals surface area (Å²) in [6.07, 6.45) is 3.60. The lowest BCUT2D eigenvalue weighted by Gasteiger charge is -2.31. The third-order valence-corrected chi connectivity index (χ3v) is 5.80. The predicted octanol–water partition coefficient (Wildman–Crippen LogP) is 3.07. The van der Waals surface area contributed by atoms with E-state index in [0.717, 1.165) is 13.0 Å². The molecule has 19 heavy (non-hydrogen) atoms. The van der Waals surface area contributed by atoms with Crippen LogP contribution in [0.25, 0.3) is 0 Å². The number of hydrogen-bond donors (Lipinski definition) is 1. The van der Waals surface area contributed by atoms with Crippen LogP contribution in [0, 0.1) is 13.8 Å². The van der Waals surface area contributed by atoms with Crippen LogP contribution in [0.3, 0.4) is 0 Å². The van der Waals surface area contributed by atoms with Crippen LogP contribution < -0.4 is 5.32 Å². The Morgan fingerprint density at radius 2 is 2.00 bits per heavy atom. The van der Waals surface area contributed by atoms with Gasteiger partial charge in [-0.2, -0.15) is 0 Å². The monoisotopic (exact) mass is 281 g/mol. The van der Waals surface area contributed by atoms with Gasteiger partial charge in [0.05, 0.1) is 11.2 Å². The SMILES string of the molecule is CNC1(c2nc(C)c(C)s2)CCCN(C(C)C)CC1. The van der Waals surface area contributed by atoms with Crippen LogP contribution in [0.5, 0.6) is 0 Å². The Morgan fingerprint density at radius 3 is 2.53 bits per heavy atom. The Hall–Kier alpha value is -0.450.